The zero-order valence-corrected chi connectivity index (χ0v) is 14.1. The number of unbranched alkanes of at least 4 members (excludes halogenated alkanes) is 6. The van der Waals surface area contributed by atoms with Crippen LogP contribution in [0.2, 0.25) is 0 Å². The van der Waals surface area contributed by atoms with Crippen LogP contribution in [-0.4, -0.2) is 29.1 Å². The smallest absolute Gasteiger partial charge is 0.374 e. The molecule has 0 bridgehead atoms. The Morgan fingerprint density at radius 2 is 1.32 bits per heavy atom. The van der Waals surface area contributed by atoms with Gasteiger partial charge in [0.25, 0.3) is 0 Å². The van der Waals surface area contributed by atoms with Crippen LogP contribution in [0.15, 0.2) is 12.3 Å². The average molecular weight is 289 g/mol. The third-order valence-corrected chi connectivity index (χ3v) is 5.42. The van der Waals surface area contributed by atoms with Crippen LogP contribution in [0, 0.1) is 0 Å². The molecule has 0 unspecified atom stereocenters. The van der Waals surface area contributed by atoms with Crippen molar-refractivity contribution >= 4 is 8.80 Å². The minimum absolute atomic E-state index is 0.709. The molecule has 0 N–H and O–H groups in total. The second-order valence-corrected chi connectivity index (χ2v) is 7.43. The van der Waals surface area contributed by atoms with Crippen molar-refractivity contribution in [2.45, 2.75) is 65.2 Å². The van der Waals surface area contributed by atoms with Crippen LogP contribution in [0.25, 0.3) is 0 Å². The number of hydrogen-bond donors (Lipinski definition) is 0. The summed E-state index contributed by atoms with van der Waals surface area (Å²) >= 11 is 0. The summed E-state index contributed by atoms with van der Waals surface area (Å²) in [6.07, 6.45) is 9.55. The molecule has 0 rings (SSSR count). The monoisotopic (exact) mass is 288 g/mol. The second kappa shape index (κ2) is 12.8. The van der Waals surface area contributed by atoms with E-state index in [0.717, 1.165) is 12.8 Å². The third-order valence-electron chi connectivity index (χ3n) is 3.14. The molecule has 0 radical (unpaired) electrons. The lowest BCUT2D eigenvalue weighted by Gasteiger charge is -2.24. The molecule has 19 heavy (non-hydrogen) atoms. The first-order chi connectivity index (χ1) is 9.24. The van der Waals surface area contributed by atoms with Gasteiger partial charge in [0.2, 0.25) is 0 Å². The van der Waals surface area contributed by atoms with Gasteiger partial charge in [-0.25, -0.2) is 0 Å². The van der Waals surface area contributed by atoms with Gasteiger partial charge in [0, 0.05) is 20.3 Å². The average Bonchev–Trinajstić information content (AvgIpc) is 2.45. The van der Waals surface area contributed by atoms with Crippen LogP contribution in [0.1, 0.15) is 65.2 Å². The molecule has 0 saturated carbocycles. The molecule has 4 heteroatoms. The van der Waals surface area contributed by atoms with Crippen molar-refractivity contribution in [1.82, 2.24) is 0 Å². The molecule has 0 spiro atoms. The highest BCUT2D eigenvalue weighted by Gasteiger charge is 2.36. The van der Waals surface area contributed by atoms with E-state index in [1.807, 2.05) is 0 Å². The molecule has 0 aliphatic heterocycles. The Labute approximate surface area is 120 Å². The fraction of sp³-hybridized carbons (Fsp3) is 0.867. The summed E-state index contributed by atoms with van der Waals surface area (Å²) < 4.78 is 17.2. The van der Waals surface area contributed by atoms with Crippen LogP contribution >= 0.6 is 0 Å². The van der Waals surface area contributed by atoms with Gasteiger partial charge in [0.15, 0.2) is 0 Å². The van der Waals surface area contributed by atoms with Crippen LogP contribution < -0.4 is 0 Å². The second-order valence-electron chi connectivity index (χ2n) is 4.83. The van der Waals surface area contributed by atoms with Crippen LogP contribution in [0.4, 0.5) is 0 Å². The van der Waals surface area contributed by atoms with Gasteiger partial charge in [-0.05, 0) is 18.5 Å². The molecule has 0 aromatic rings. The molecule has 0 aromatic carbocycles. The molecule has 0 aromatic heterocycles. The molecule has 0 saturated heterocycles. The van der Waals surface area contributed by atoms with Crippen LogP contribution in [0.5, 0.6) is 0 Å². The molecule has 0 aliphatic carbocycles. The van der Waals surface area contributed by atoms with Crippen molar-refractivity contribution in [3.05, 3.63) is 12.3 Å². The number of rotatable bonds is 14. The lowest BCUT2D eigenvalue weighted by molar-refractivity contribution is 0.0870. The molecular formula is C15H32O3Si. The van der Waals surface area contributed by atoms with Gasteiger partial charge in [0.05, 0.1) is 0 Å². The zero-order chi connectivity index (χ0) is 14.4. The van der Waals surface area contributed by atoms with Gasteiger partial charge >= 0.3 is 8.80 Å². The van der Waals surface area contributed by atoms with Crippen molar-refractivity contribution in [3.63, 3.8) is 0 Å². The Kier molecular flexibility index (Phi) is 12.7. The van der Waals surface area contributed by atoms with E-state index >= 15 is 0 Å². The summed E-state index contributed by atoms with van der Waals surface area (Å²) in [6.45, 7) is 9.65. The lowest BCUT2D eigenvalue weighted by atomic mass is 10.2. The van der Waals surface area contributed by atoms with E-state index in [2.05, 4.69) is 20.4 Å². The minimum Gasteiger partial charge on any atom is -0.374 e. The maximum Gasteiger partial charge on any atom is 0.528 e. The van der Waals surface area contributed by atoms with Gasteiger partial charge in [-0.1, -0.05) is 59.0 Å². The third kappa shape index (κ3) is 9.38. The van der Waals surface area contributed by atoms with Crippen molar-refractivity contribution in [1.29, 1.82) is 0 Å². The van der Waals surface area contributed by atoms with E-state index in [-0.39, 0.29) is 0 Å². The predicted molar refractivity (Wildman–Crippen MR) is 83.1 cm³/mol. The largest absolute Gasteiger partial charge is 0.528 e. The van der Waals surface area contributed by atoms with Crippen molar-refractivity contribution in [2.24, 2.45) is 0 Å². The normalized spacial score (nSPS) is 11.7. The van der Waals surface area contributed by atoms with Gasteiger partial charge < -0.3 is 13.3 Å². The number of hydrogen-bond acceptors (Lipinski definition) is 3. The van der Waals surface area contributed by atoms with Gasteiger partial charge in [-0.15, -0.1) is 0 Å². The summed E-state index contributed by atoms with van der Waals surface area (Å²) in [5, 5.41) is 0. The van der Waals surface area contributed by atoms with E-state index in [0.29, 0.717) is 13.2 Å². The SMILES string of the molecule is C=C[Si](OC)(OCCCCCC)OCCCCCC. The highest BCUT2D eigenvalue weighted by Crippen LogP contribution is 2.13. The summed E-state index contributed by atoms with van der Waals surface area (Å²) in [7, 11) is -0.941. The van der Waals surface area contributed by atoms with E-state index in [9.17, 15) is 0 Å². The first-order valence-electron chi connectivity index (χ1n) is 7.71. The molecule has 114 valence electrons. The maximum absolute atomic E-state index is 5.86. The Morgan fingerprint density at radius 1 is 0.842 bits per heavy atom. The molecule has 0 atom stereocenters. The van der Waals surface area contributed by atoms with E-state index in [1.54, 1.807) is 12.8 Å². The Hall–Kier alpha value is -0.163. The molecule has 0 heterocycles. The standard InChI is InChI=1S/C15H32O3Si/c1-5-8-10-12-14-17-19(7-3,16-4)18-15-13-11-9-6-2/h7H,3,5-6,8-15H2,1-2,4H3. The highest BCUT2D eigenvalue weighted by atomic mass is 28.4. The van der Waals surface area contributed by atoms with E-state index in [4.69, 9.17) is 13.3 Å². The Bertz CT molecular complexity index is 196. The summed E-state index contributed by atoms with van der Waals surface area (Å²) in [5.74, 6) is 0. The molecule has 0 fully saturated rings. The lowest BCUT2D eigenvalue weighted by Crippen LogP contribution is -2.43. The van der Waals surface area contributed by atoms with Crippen molar-refractivity contribution in [3.8, 4) is 0 Å². The summed E-state index contributed by atoms with van der Waals surface area (Å²) in [6, 6.07) is 0. The highest BCUT2D eigenvalue weighted by molar-refractivity contribution is 6.66. The quantitative estimate of drug-likeness (QED) is 0.348. The van der Waals surface area contributed by atoms with Crippen molar-refractivity contribution < 1.29 is 13.3 Å². The Morgan fingerprint density at radius 3 is 1.63 bits per heavy atom. The zero-order valence-electron chi connectivity index (χ0n) is 13.1. The molecule has 3 nitrogen and oxygen atoms in total. The molecule has 0 amide bonds. The van der Waals surface area contributed by atoms with Gasteiger partial charge in [-0.2, -0.15) is 0 Å². The predicted octanol–water partition coefficient (Wildman–Crippen LogP) is 4.49. The fourth-order valence-electron chi connectivity index (χ4n) is 1.85. The van der Waals surface area contributed by atoms with Crippen molar-refractivity contribution in [2.75, 3.05) is 20.3 Å². The fourth-order valence-corrected chi connectivity index (χ4v) is 3.43. The van der Waals surface area contributed by atoms with E-state index in [1.165, 1.54) is 38.5 Å². The minimum atomic E-state index is -2.60. The Balaban J connectivity index is 3.87. The topological polar surface area (TPSA) is 27.7 Å². The van der Waals surface area contributed by atoms with Crippen LogP contribution in [-0.2, 0) is 13.3 Å². The molecular weight excluding hydrogens is 256 g/mol. The van der Waals surface area contributed by atoms with E-state index < -0.39 is 8.80 Å². The summed E-state index contributed by atoms with van der Waals surface area (Å²) in [5.41, 5.74) is 1.74. The van der Waals surface area contributed by atoms with Gasteiger partial charge in [-0.3, -0.25) is 0 Å². The molecule has 0 aliphatic rings. The first-order valence-corrected chi connectivity index (χ1v) is 9.51. The first kappa shape index (κ1) is 18.8. The van der Waals surface area contributed by atoms with Gasteiger partial charge in [0.1, 0.15) is 0 Å². The maximum atomic E-state index is 5.86. The summed E-state index contributed by atoms with van der Waals surface area (Å²) in [4.78, 5) is 0. The van der Waals surface area contributed by atoms with Crippen LogP contribution in [0.3, 0.4) is 0 Å².